The minimum atomic E-state index is 0.421. The van der Waals surface area contributed by atoms with Crippen LogP contribution in [0.15, 0.2) is 22.7 Å². The summed E-state index contributed by atoms with van der Waals surface area (Å²) in [6, 6.07) is 5.96. The molecule has 0 saturated heterocycles. The van der Waals surface area contributed by atoms with Crippen molar-refractivity contribution in [3.05, 3.63) is 40.8 Å². The van der Waals surface area contributed by atoms with Crippen LogP contribution in [0.2, 0.25) is 0 Å². The second-order valence-corrected chi connectivity index (χ2v) is 4.86. The lowest BCUT2D eigenvalue weighted by Crippen LogP contribution is -2.11. The molecular weight excluding hydrogens is 268 g/mol. The van der Waals surface area contributed by atoms with Crippen molar-refractivity contribution >= 4 is 0 Å². The van der Waals surface area contributed by atoms with E-state index in [4.69, 9.17) is 14.0 Å². The van der Waals surface area contributed by atoms with Gasteiger partial charge in [0.05, 0.1) is 18.4 Å². The molecule has 0 atom stereocenters. The summed E-state index contributed by atoms with van der Waals surface area (Å²) >= 11 is 0. The van der Waals surface area contributed by atoms with Crippen LogP contribution >= 0.6 is 0 Å². The first-order valence-electron chi connectivity index (χ1n) is 7.07. The monoisotopic (exact) mass is 290 g/mol. The number of nitrogens with one attached hydrogen (secondary N) is 1. The molecule has 2 rings (SSSR count). The molecule has 5 nitrogen and oxygen atoms in total. The maximum absolute atomic E-state index is 5.85. The third-order valence-corrected chi connectivity index (χ3v) is 3.36. The van der Waals surface area contributed by atoms with Gasteiger partial charge < -0.3 is 19.3 Å². The van der Waals surface area contributed by atoms with Gasteiger partial charge in [0, 0.05) is 6.54 Å². The minimum absolute atomic E-state index is 0.421. The summed E-state index contributed by atoms with van der Waals surface area (Å²) in [5.41, 5.74) is 3.00. The van der Waals surface area contributed by atoms with Crippen molar-refractivity contribution in [2.24, 2.45) is 0 Å². The summed E-state index contributed by atoms with van der Waals surface area (Å²) in [6.07, 6.45) is 0. The minimum Gasteiger partial charge on any atom is -0.493 e. The number of hydrogen-bond donors (Lipinski definition) is 1. The fourth-order valence-corrected chi connectivity index (χ4v) is 2.07. The third-order valence-electron chi connectivity index (χ3n) is 3.36. The van der Waals surface area contributed by atoms with Gasteiger partial charge in [-0.1, -0.05) is 18.1 Å². The summed E-state index contributed by atoms with van der Waals surface area (Å²) in [6.45, 7) is 8.05. The van der Waals surface area contributed by atoms with Crippen molar-refractivity contribution < 1.29 is 14.0 Å². The molecule has 0 saturated carbocycles. The predicted molar refractivity (Wildman–Crippen MR) is 80.7 cm³/mol. The van der Waals surface area contributed by atoms with Crippen LogP contribution in [-0.4, -0.2) is 18.8 Å². The molecule has 1 aromatic carbocycles. The van der Waals surface area contributed by atoms with Gasteiger partial charge in [0.25, 0.3) is 0 Å². The molecule has 5 heteroatoms. The number of hydrogen-bond acceptors (Lipinski definition) is 5. The highest BCUT2D eigenvalue weighted by molar-refractivity contribution is 5.43. The van der Waals surface area contributed by atoms with Crippen molar-refractivity contribution in [1.29, 1.82) is 0 Å². The zero-order valence-corrected chi connectivity index (χ0v) is 13.0. The number of aryl methyl sites for hydroxylation is 2. The molecule has 0 aliphatic rings. The second-order valence-electron chi connectivity index (χ2n) is 4.86. The number of nitrogens with zero attached hydrogens (tertiary/aromatic N) is 1. The summed E-state index contributed by atoms with van der Waals surface area (Å²) in [5, 5.41) is 7.21. The van der Waals surface area contributed by atoms with Crippen LogP contribution in [0.3, 0.4) is 0 Å². The van der Waals surface area contributed by atoms with Gasteiger partial charge in [-0.3, -0.25) is 0 Å². The van der Waals surface area contributed by atoms with Crippen LogP contribution in [0.5, 0.6) is 11.5 Å². The first kappa shape index (κ1) is 15.4. The molecule has 0 fully saturated rings. The van der Waals surface area contributed by atoms with Gasteiger partial charge in [-0.2, -0.15) is 0 Å². The zero-order valence-electron chi connectivity index (χ0n) is 13.0. The Morgan fingerprint density at radius 1 is 1.24 bits per heavy atom. The smallest absolute Gasteiger partial charge is 0.161 e. The lowest BCUT2D eigenvalue weighted by atomic mass is 10.2. The molecule has 0 spiro atoms. The highest BCUT2D eigenvalue weighted by atomic mass is 16.5. The molecule has 1 heterocycles. The largest absolute Gasteiger partial charge is 0.493 e. The van der Waals surface area contributed by atoms with E-state index in [1.807, 2.05) is 32.0 Å². The van der Waals surface area contributed by atoms with Gasteiger partial charge in [-0.15, -0.1) is 0 Å². The van der Waals surface area contributed by atoms with Crippen molar-refractivity contribution in [1.82, 2.24) is 10.5 Å². The quantitative estimate of drug-likeness (QED) is 0.849. The highest BCUT2D eigenvalue weighted by Crippen LogP contribution is 2.29. The summed E-state index contributed by atoms with van der Waals surface area (Å²) < 4.78 is 16.4. The molecule has 1 aromatic heterocycles. The van der Waals surface area contributed by atoms with Gasteiger partial charge in [0.15, 0.2) is 11.5 Å². The highest BCUT2D eigenvalue weighted by Gasteiger charge is 2.12. The van der Waals surface area contributed by atoms with E-state index in [-0.39, 0.29) is 0 Å². The molecule has 0 unspecified atom stereocenters. The summed E-state index contributed by atoms with van der Waals surface area (Å²) in [5.74, 6) is 2.24. The Morgan fingerprint density at radius 3 is 2.67 bits per heavy atom. The van der Waals surface area contributed by atoms with Crippen LogP contribution in [0.1, 0.15) is 29.5 Å². The van der Waals surface area contributed by atoms with E-state index in [9.17, 15) is 0 Å². The fourth-order valence-electron chi connectivity index (χ4n) is 2.07. The Morgan fingerprint density at radius 2 is 2.05 bits per heavy atom. The normalized spacial score (nSPS) is 10.7. The van der Waals surface area contributed by atoms with E-state index in [1.165, 1.54) is 5.56 Å². The van der Waals surface area contributed by atoms with Gasteiger partial charge in [-0.25, -0.2) is 0 Å². The molecule has 0 amide bonds. The number of methoxy groups -OCH3 is 1. The van der Waals surface area contributed by atoms with E-state index in [1.54, 1.807) is 7.11 Å². The lowest BCUT2D eigenvalue weighted by molar-refractivity contribution is 0.281. The Kier molecular flexibility index (Phi) is 5.22. The van der Waals surface area contributed by atoms with Crippen LogP contribution in [-0.2, 0) is 13.2 Å². The number of rotatable bonds is 7. The van der Waals surface area contributed by atoms with E-state index >= 15 is 0 Å². The Labute approximate surface area is 125 Å². The van der Waals surface area contributed by atoms with Crippen molar-refractivity contribution in [2.75, 3.05) is 13.7 Å². The van der Waals surface area contributed by atoms with E-state index in [2.05, 4.69) is 17.4 Å². The topological polar surface area (TPSA) is 56.5 Å². The molecular formula is C16H22N2O3. The lowest BCUT2D eigenvalue weighted by Gasteiger charge is -2.12. The molecule has 0 aliphatic heterocycles. The molecule has 1 N–H and O–H groups in total. The first-order valence-corrected chi connectivity index (χ1v) is 7.07. The van der Waals surface area contributed by atoms with Crippen LogP contribution in [0, 0.1) is 13.8 Å². The van der Waals surface area contributed by atoms with E-state index in [0.717, 1.165) is 41.6 Å². The molecule has 21 heavy (non-hydrogen) atoms. The average Bonchev–Trinajstić information content (AvgIpc) is 2.82. The Balaban J connectivity index is 2.09. The van der Waals surface area contributed by atoms with E-state index < -0.39 is 0 Å². The number of ether oxygens (including phenoxy) is 2. The van der Waals surface area contributed by atoms with Crippen molar-refractivity contribution in [3.63, 3.8) is 0 Å². The van der Waals surface area contributed by atoms with Gasteiger partial charge in [0.2, 0.25) is 0 Å². The standard InChI is InChI=1S/C16H22N2O3/c1-5-17-9-13-6-7-15(16(8-13)19-4)20-10-14-11(2)18-21-12(14)3/h6-8,17H,5,9-10H2,1-4H3. The fraction of sp³-hybridized carbons (Fsp3) is 0.438. The van der Waals surface area contributed by atoms with Crippen molar-refractivity contribution in [3.8, 4) is 11.5 Å². The summed E-state index contributed by atoms with van der Waals surface area (Å²) in [4.78, 5) is 0. The predicted octanol–water partition coefficient (Wildman–Crippen LogP) is 2.99. The SMILES string of the molecule is CCNCc1ccc(OCc2c(C)noc2C)c(OC)c1. The first-order chi connectivity index (χ1) is 10.2. The second kappa shape index (κ2) is 7.13. The summed E-state index contributed by atoms with van der Waals surface area (Å²) in [7, 11) is 1.65. The molecule has 114 valence electrons. The number of benzene rings is 1. The average molecular weight is 290 g/mol. The Bertz CT molecular complexity index is 574. The van der Waals surface area contributed by atoms with Gasteiger partial charge in [-0.05, 0) is 38.1 Å². The third kappa shape index (κ3) is 3.76. The van der Waals surface area contributed by atoms with Crippen LogP contribution < -0.4 is 14.8 Å². The molecule has 2 aromatic rings. The zero-order chi connectivity index (χ0) is 15.2. The van der Waals surface area contributed by atoms with Gasteiger partial charge in [0.1, 0.15) is 12.4 Å². The number of aromatic nitrogens is 1. The van der Waals surface area contributed by atoms with E-state index in [0.29, 0.717) is 6.61 Å². The Hall–Kier alpha value is -2.01. The van der Waals surface area contributed by atoms with Crippen molar-refractivity contribution in [2.45, 2.75) is 33.9 Å². The molecule has 0 radical (unpaired) electrons. The van der Waals surface area contributed by atoms with Crippen LogP contribution in [0.4, 0.5) is 0 Å². The van der Waals surface area contributed by atoms with Crippen LogP contribution in [0.25, 0.3) is 0 Å². The van der Waals surface area contributed by atoms with Gasteiger partial charge >= 0.3 is 0 Å². The molecule has 0 aliphatic carbocycles. The maximum Gasteiger partial charge on any atom is 0.161 e. The molecule has 0 bridgehead atoms. The maximum atomic E-state index is 5.85.